The molecular weight excluding hydrogens is 453 g/mol. The van der Waals surface area contributed by atoms with Crippen molar-refractivity contribution in [2.45, 2.75) is 56.6 Å². The summed E-state index contributed by atoms with van der Waals surface area (Å²) in [4.78, 5) is 28.1. The van der Waals surface area contributed by atoms with Crippen LogP contribution in [0.25, 0.3) is 0 Å². The maximum atomic E-state index is 13.2. The molecule has 1 aromatic heterocycles. The molecule has 2 saturated heterocycles. The van der Waals surface area contributed by atoms with Crippen molar-refractivity contribution in [1.29, 1.82) is 0 Å². The van der Waals surface area contributed by atoms with Crippen molar-refractivity contribution in [3.63, 3.8) is 0 Å². The van der Waals surface area contributed by atoms with E-state index in [0.717, 1.165) is 21.8 Å². The molecule has 3 heterocycles. The number of nitrogens with zero attached hydrogens (tertiary/aromatic N) is 4. The summed E-state index contributed by atoms with van der Waals surface area (Å²) in [5.41, 5.74) is -1.70. The zero-order valence-corrected chi connectivity index (χ0v) is 19.0. The topological polar surface area (TPSA) is 87.9 Å². The van der Waals surface area contributed by atoms with Gasteiger partial charge in [0.2, 0.25) is 11.5 Å². The molecule has 8 nitrogen and oxygen atoms in total. The molecule has 2 fully saturated rings. The molecule has 3 unspecified atom stereocenters. The van der Waals surface area contributed by atoms with Gasteiger partial charge in [-0.15, -0.1) is 0 Å². The number of aliphatic hydroxyl groups is 1. The Kier molecular flexibility index (Phi) is 6.32. The average Bonchev–Trinajstić information content (AvgIpc) is 3.33. The first-order chi connectivity index (χ1) is 16.0. The summed E-state index contributed by atoms with van der Waals surface area (Å²) in [7, 11) is 1.60. The van der Waals surface area contributed by atoms with Crippen molar-refractivity contribution >= 4 is 11.8 Å². The van der Waals surface area contributed by atoms with Crippen LogP contribution >= 0.6 is 0 Å². The lowest BCUT2D eigenvalue weighted by Crippen LogP contribution is -2.64. The molecule has 2 aliphatic rings. The van der Waals surface area contributed by atoms with Crippen LogP contribution in [0.5, 0.6) is 5.75 Å². The van der Waals surface area contributed by atoms with Crippen molar-refractivity contribution in [2.24, 2.45) is 0 Å². The summed E-state index contributed by atoms with van der Waals surface area (Å²) in [6.07, 6.45) is -0.562. The Bertz CT molecular complexity index is 1040. The number of hydrogen-bond donors (Lipinski definition) is 1. The zero-order valence-electron chi connectivity index (χ0n) is 19.0. The number of benzene rings is 1. The normalized spacial score (nSPS) is 21.9. The third kappa shape index (κ3) is 4.61. The lowest BCUT2D eigenvalue weighted by molar-refractivity contribution is -0.252. The second-order valence-corrected chi connectivity index (χ2v) is 9.04. The number of carbonyl (C=O) groups excluding carboxylic acids is 2. The Morgan fingerprint density at radius 2 is 1.74 bits per heavy atom. The van der Waals surface area contributed by atoms with E-state index >= 15 is 0 Å². The van der Waals surface area contributed by atoms with E-state index in [1.54, 1.807) is 29.1 Å². The average molecular weight is 480 g/mol. The maximum absolute atomic E-state index is 13.2. The number of piperazine rings is 1. The molecule has 4 rings (SSSR count). The van der Waals surface area contributed by atoms with Gasteiger partial charge >= 0.3 is 6.18 Å². The largest absolute Gasteiger partial charge is 0.497 e. The summed E-state index contributed by atoms with van der Waals surface area (Å²) in [5.74, 6) is -0.761. The van der Waals surface area contributed by atoms with Gasteiger partial charge in [-0.05, 0) is 43.0 Å². The number of hydrogen-bond acceptors (Lipinski definition) is 5. The lowest BCUT2D eigenvalue weighted by Gasteiger charge is -2.43. The molecule has 3 atom stereocenters. The van der Waals surface area contributed by atoms with E-state index in [2.05, 4.69) is 5.10 Å². The van der Waals surface area contributed by atoms with E-state index in [9.17, 15) is 27.9 Å². The second kappa shape index (κ2) is 8.94. The zero-order chi connectivity index (χ0) is 24.7. The van der Waals surface area contributed by atoms with Crippen molar-refractivity contribution in [2.75, 3.05) is 20.2 Å². The van der Waals surface area contributed by atoms with Gasteiger partial charge in [0.1, 0.15) is 5.75 Å². The highest BCUT2D eigenvalue weighted by Crippen LogP contribution is 2.37. The van der Waals surface area contributed by atoms with E-state index in [0.29, 0.717) is 26.3 Å². The number of carbonyl (C=O) groups is 2. The molecule has 0 saturated carbocycles. The van der Waals surface area contributed by atoms with Crippen molar-refractivity contribution < 1.29 is 32.6 Å². The number of methoxy groups -OCH3 is 1. The number of alkyl halides is 3. The number of fused-ring (bicyclic) bond motifs is 2. The van der Waals surface area contributed by atoms with E-state index < -0.39 is 29.8 Å². The Morgan fingerprint density at radius 1 is 1.12 bits per heavy atom. The first-order valence-corrected chi connectivity index (χ1v) is 11.0. The van der Waals surface area contributed by atoms with Crippen molar-refractivity contribution in [3.05, 3.63) is 47.8 Å². The predicted octanol–water partition coefficient (Wildman–Crippen LogP) is 2.00. The van der Waals surface area contributed by atoms with Gasteiger partial charge in [0.25, 0.3) is 5.91 Å². The van der Waals surface area contributed by atoms with Gasteiger partial charge in [-0.3, -0.25) is 14.3 Å². The van der Waals surface area contributed by atoms with Gasteiger partial charge < -0.3 is 19.6 Å². The number of likely N-dealkylation sites (tertiary alicyclic amines) is 1. The third-order valence-corrected chi connectivity index (χ3v) is 6.58. The van der Waals surface area contributed by atoms with Gasteiger partial charge in [0.15, 0.2) is 0 Å². The third-order valence-electron chi connectivity index (χ3n) is 6.58. The van der Waals surface area contributed by atoms with Crippen LogP contribution in [0.3, 0.4) is 0 Å². The predicted molar refractivity (Wildman–Crippen MR) is 115 cm³/mol. The number of halogens is 3. The SMILES string of the molecule is COc1ccc(Cn2cc(CC(=O)N3CC4CCC(C3)N4C(=O)C(C)(O)C(F)(F)F)cn2)cc1. The fourth-order valence-corrected chi connectivity index (χ4v) is 4.60. The van der Waals surface area contributed by atoms with Crippen molar-refractivity contribution in [3.8, 4) is 5.75 Å². The van der Waals surface area contributed by atoms with Gasteiger partial charge in [0, 0.05) is 31.4 Å². The quantitative estimate of drug-likeness (QED) is 0.684. The second-order valence-electron chi connectivity index (χ2n) is 9.04. The van der Waals surface area contributed by atoms with Crippen LogP contribution in [0.15, 0.2) is 36.7 Å². The first-order valence-electron chi connectivity index (χ1n) is 11.0. The lowest BCUT2D eigenvalue weighted by atomic mass is 10.0. The van der Waals surface area contributed by atoms with Gasteiger partial charge in [0.05, 0.1) is 26.3 Å². The minimum atomic E-state index is -5.07. The Balaban J connectivity index is 1.36. The highest BCUT2D eigenvalue weighted by Gasteiger charge is 2.60. The molecule has 1 aromatic carbocycles. The summed E-state index contributed by atoms with van der Waals surface area (Å²) in [6, 6.07) is 6.49. The number of ether oxygens (including phenoxy) is 1. The van der Waals surface area contributed by atoms with Gasteiger partial charge in [-0.2, -0.15) is 18.3 Å². The van der Waals surface area contributed by atoms with E-state index in [1.165, 1.54) is 0 Å². The molecular formula is C23H27F3N4O4. The number of aromatic nitrogens is 2. The first kappa shape index (κ1) is 24.1. The standard InChI is InChI=1S/C23H27F3N4O4/c1-22(33,23(24,25)26)21(32)30-17-5-6-18(30)14-28(13-17)20(31)9-16-10-27-29(12-16)11-15-3-7-19(34-2)8-4-15/h3-4,7-8,10,12,17-18,33H,5-6,9,11,13-14H2,1-2H3. The highest BCUT2D eigenvalue weighted by atomic mass is 19.4. The fraction of sp³-hybridized carbons (Fsp3) is 0.522. The van der Waals surface area contributed by atoms with Gasteiger partial charge in [-0.25, -0.2) is 0 Å². The van der Waals surface area contributed by atoms with Gasteiger partial charge in [-0.1, -0.05) is 12.1 Å². The van der Waals surface area contributed by atoms with E-state index in [1.807, 2.05) is 24.3 Å². The molecule has 0 aliphatic carbocycles. The van der Waals surface area contributed by atoms with Crippen LogP contribution in [-0.4, -0.2) is 80.6 Å². The van der Waals surface area contributed by atoms with Crippen molar-refractivity contribution in [1.82, 2.24) is 19.6 Å². The van der Waals surface area contributed by atoms with Crippen LogP contribution in [-0.2, 0) is 22.6 Å². The monoisotopic (exact) mass is 480 g/mol. The fourth-order valence-electron chi connectivity index (χ4n) is 4.60. The number of rotatable bonds is 6. The molecule has 34 heavy (non-hydrogen) atoms. The summed E-state index contributed by atoms with van der Waals surface area (Å²) in [5, 5.41) is 14.1. The molecule has 2 bridgehead atoms. The number of amides is 2. The minimum Gasteiger partial charge on any atom is -0.497 e. The van der Waals surface area contributed by atoms with E-state index in [-0.39, 0.29) is 25.4 Å². The molecule has 184 valence electrons. The Hall–Kier alpha value is -3.08. The van der Waals surface area contributed by atoms with Crippen LogP contribution in [0, 0.1) is 0 Å². The van der Waals surface area contributed by atoms with Crippen LogP contribution in [0.2, 0.25) is 0 Å². The maximum Gasteiger partial charge on any atom is 0.426 e. The van der Waals surface area contributed by atoms with E-state index in [4.69, 9.17) is 4.74 Å². The minimum absolute atomic E-state index is 0.107. The summed E-state index contributed by atoms with van der Waals surface area (Å²) < 4.78 is 46.3. The molecule has 0 radical (unpaired) electrons. The highest BCUT2D eigenvalue weighted by molar-refractivity contribution is 5.87. The molecule has 1 N–H and O–H groups in total. The van der Waals surface area contributed by atoms with Crippen LogP contribution in [0.4, 0.5) is 13.2 Å². The smallest absolute Gasteiger partial charge is 0.426 e. The molecule has 0 spiro atoms. The Morgan fingerprint density at radius 3 is 2.29 bits per heavy atom. The Labute approximate surface area is 194 Å². The van der Waals surface area contributed by atoms with Crippen LogP contribution in [0.1, 0.15) is 30.9 Å². The summed E-state index contributed by atoms with van der Waals surface area (Å²) in [6.45, 7) is 1.31. The molecule has 11 heteroatoms. The van der Waals surface area contributed by atoms with Crippen LogP contribution < -0.4 is 4.74 Å². The molecule has 2 aromatic rings. The molecule has 2 amide bonds. The molecule has 2 aliphatic heterocycles. The summed E-state index contributed by atoms with van der Waals surface area (Å²) >= 11 is 0.